The number of hydrogen-bond donors (Lipinski definition) is 3. The first-order valence-electron chi connectivity index (χ1n) is 10.6. The molecule has 3 rings (SSSR count). The van der Waals surface area contributed by atoms with Crippen molar-refractivity contribution in [3.8, 4) is 17.2 Å². The van der Waals surface area contributed by atoms with Crippen LogP contribution in [0.2, 0.25) is 0 Å². The molecular formula is C25H30N2O6S. The molecule has 0 aliphatic carbocycles. The minimum atomic E-state index is -3.90. The number of nitrogens with two attached hydrogens (primary N) is 1. The fourth-order valence-corrected chi connectivity index (χ4v) is 5.01. The van der Waals surface area contributed by atoms with Gasteiger partial charge in [0, 0.05) is 5.56 Å². The van der Waals surface area contributed by atoms with Gasteiger partial charge < -0.3 is 19.7 Å². The molecule has 0 spiro atoms. The average Bonchev–Trinajstić information content (AvgIpc) is 2.78. The van der Waals surface area contributed by atoms with Crippen molar-refractivity contribution < 1.29 is 28.1 Å². The molecule has 8 nitrogen and oxygen atoms in total. The number of aromatic hydroxyl groups is 1. The van der Waals surface area contributed by atoms with E-state index in [0.717, 1.165) is 16.1 Å². The predicted octanol–water partition coefficient (Wildman–Crippen LogP) is 3.28. The molecule has 0 saturated heterocycles. The Morgan fingerprint density at radius 3 is 1.97 bits per heavy atom. The fraction of sp³-hybridized carbons (Fsp3) is 0.280. The summed E-state index contributed by atoms with van der Waals surface area (Å²) in [6.45, 7) is 1.31. The van der Waals surface area contributed by atoms with Gasteiger partial charge in [0.15, 0.2) is 0 Å². The molecule has 2 atom stereocenters. The molecule has 0 aliphatic heterocycles. The lowest BCUT2D eigenvalue weighted by atomic mass is 9.97. The van der Waals surface area contributed by atoms with E-state index in [1.165, 1.54) is 19.1 Å². The van der Waals surface area contributed by atoms with Crippen LogP contribution < -0.4 is 19.5 Å². The lowest BCUT2D eigenvalue weighted by Gasteiger charge is -2.34. The van der Waals surface area contributed by atoms with E-state index in [2.05, 4.69) is 0 Å². The van der Waals surface area contributed by atoms with Crippen LogP contribution >= 0.6 is 0 Å². The van der Waals surface area contributed by atoms with Crippen LogP contribution in [0.3, 0.4) is 0 Å². The first kappa shape index (κ1) is 25.4. The highest BCUT2D eigenvalue weighted by atomic mass is 32.2. The van der Waals surface area contributed by atoms with Crippen molar-refractivity contribution >= 4 is 15.7 Å². The maximum atomic E-state index is 13.1. The van der Waals surface area contributed by atoms with Gasteiger partial charge in [0.1, 0.15) is 23.0 Å². The Hall–Kier alpha value is -3.27. The topological polar surface area (TPSA) is 122 Å². The molecule has 4 N–H and O–H groups in total. The van der Waals surface area contributed by atoms with Crippen LogP contribution in [-0.4, -0.2) is 39.1 Å². The minimum Gasteiger partial charge on any atom is -0.505 e. The summed E-state index contributed by atoms with van der Waals surface area (Å²) in [5.41, 5.74) is 5.51. The molecule has 3 aromatic rings. The summed E-state index contributed by atoms with van der Waals surface area (Å²) in [4.78, 5) is 0. The molecule has 0 saturated carbocycles. The second-order valence-electron chi connectivity index (χ2n) is 8.22. The van der Waals surface area contributed by atoms with E-state index in [4.69, 9.17) is 15.2 Å². The van der Waals surface area contributed by atoms with Gasteiger partial charge in [0.05, 0.1) is 32.2 Å². The lowest BCUT2D eigenvalue weighted by molar-refractivity contribution is 0.0621. The van der Waals surface area contributed by atoms with E-state index in [9.17, 15) is 18.6 Å². The Labute approximate surface area is 200 Å². The molecular weight excluding hydrogens is 456 g/mol. The summed E-state index contributed by atoms with van der Waals surface area (Å²) in [6, 6.07) is 18.1. The highest BCUT2D eigenvalue weighted by Gasteiger charge is 2.33. The number of hydrogen-bond acceptors (Lipinski definition) is 7. The second-order valence-corrected chi connectivity index (χ2v) is 10.1. The highest BCUT2D eigenvalue weighted by molar-refractivity contribution is 7.92. The lowest BCUT2D eigenvalue weighted by Crippen LogP contribution is -2.37. The van der Waals surface area contributed by atoms with E-state index in [-0.39, 0.29) is 11.3 Å². The van der Waals surface area contributed by atoms with Gasteiger partial charge in [-0.15, -0.1) is 0 Å². The van der Waals surface area contributed by atoms with Crippen molar-refractivity contribution in [2.75, 3.05) is 24.8 Å². The minimum absolute atomic E-state index is 0.0107. The SMILES string of the molecule is COc1ccc(CC(c2ccc(OC)cc2)N(c2cccc(C(C)(N)O)c2O)S(C)(=O)=O)cc1. The Morgan fingerprint density at radius 1 is 0.971 bits per heavy atom. The van der Waals surface area contributed by atoms with E-state index in [1.807, 2.05) is 12.1 Å². The number of benzene rings is 3. The van der Waals surface area contributed by atoms with E-state index in [0.29, 0.717) is 23.5 Å². The van der Waals surface area contributed by atoms with Gasteiger partial charge in [-0.1, -0.05) is 36.4 Å². The van der Waals surface area contributed by atoms with Crippen LogP contribution in [0.15, 0.2) is 66.7 Å². The number of sulfonamides is 1. The van der Waals surface area contributed by atoms with E-state index >= 15 is 0 Å². The third-order valence-corrected chi connectivity index (χ3v) is 6.69. The average molecular weight is 487 g/mol. The summed E-state index contributed by atoms with van der Waals surface area (Å²) >= 11 is 0. The predicted molar refractivity (Wildman–Crippen MR) is 132 cm³/mol. The molecule has 2 unspecified atom stereocenters. The zero-order chi connectivity index (χ0) is 25.1. The number of methoxy groups -OCH3 is 2. The maximum Gasteiger partial charge on any atom is 0.232 e. The molecule has 0 aromatic heterocycles. The van der Waals surface area contributed by atoms with Crippen LogP contribution in [0, 0.1) is 0 Å². The number of ether oxygens (including phenoxy) is 2. The van der Waals surface area contributed by atoms with E-state index < -0.39 is 27.5 Å². The van der Waals surface area contributed by atoms with Crippen molar-refractivity contribution in [1.82, 2.24) is 0 Å². The van der Waals surface area contributed by atoms with Crippen LogP contribution in [0.5, 0.6) is 17.2 Å². The molecule has 182 valence electrons. The third-order valence-electron chi connectivity index (χ3n) is 5.53. The van der Waals surface area contributed by atoms with Gasteiger partial charge in [0.2, 0.25) is 10.0 Å². The van der Waals surface area contributed by atoms with Gasteiger partial charge in [-0.2, -0.15) is 0 Å². The number of para-hydroxylation sites is 1. The summed E-state index contributed by atoms with van der Waals surface area (Å²) in [5.74, 6) is 0.899. The van der Waals surface area contributed by atoms with Gasteiger partial charge >= 0.3 is 0 Å². The summed E-state index contributed by atoms with van der Waals surface area (Å²) in [7, 11) is -0.781. The Bertz CT molecular complexity index is 1220. The Morgan fingerprint density at radius 2 is 1.50 bits per heavy atom. The van der Waals surface area contributed by atoms with Gasteiger partial charge in [-0.3, -0.25) is 10.0 Å². The number of phenols is 1. The molecule has 0 radical (unpaired) electrons. The zero-order valence-electron chi connectivity index (χ0n) is 19.6. The van der Waals surface area contributed by atoms with Crippen molar-refractivity contribution in [2.45, 2.75) is 25.1 Å². The van der Waals surface area contributed by atoms with Gasteiger partial charge in [-0.25, -0.2) is 8.42 Å². The Balaban J connectivity index is 2.20. The third kappa shape index (κ3) is 5.61. The van der Waals surface area contributed by atoms with Crippen LogP contribution in [0.4, 0.5) is 5.69 Å². The van der Waals surface area contributed by atoms with Gasteiger partial charge in [-0.05, 0) is 54.8 Å². The molecule has 9 heteroatoms. The number of anilines is 1. The van der Waals surface area contributed by atoms with Crippen molar-refractivity contribution in [3.05, 3.63) is 83.4 Å². The number of phenolic OH excluding ortho intramolecular Hbond substituents is 1. The summed E-state index contributed by atoms with van der Waals surface area (Å²) < 4.78 is 37.9. The van der Waals surface area contributed by atoms with Crippen molar-refractivity contribution in [1.29, 1.82) is 0 Å². The summed E-state index contributed by atoms with van der Waals surface area (Å²) in [5, 5.41) is 21.3. The molecule has 3 aromatic carbocycles. The molecule has 34 heavy (non-hydrogen) atoms. The van der Waals surface area contributed by atoms with Crippen LogP contribution in [-0.2, 0) is 22.2 Å². The highest BCUT2D eigenvalue weighted by Crippen LogP contribution is 2.41. The quantitative estimate of drug-likeness (QED) is 0.397. The first-order chi connectivity index (χ1) is 16.0. The van der Waals surface area contributed by atoms with E-state index in [1.54, 1.807) is 56.7 Å². The molecule has 0 fully saturated rings. The number of rotatable bonds is 9. The maximum absolute atomic E-state index is 13.1. The molecule has 0 heterocycles. The standard InChI is InChI=1S/C25H30N2O6S/c1-25(26,29)21-6-5-7-22(24(21)28)27(34(4,30)31)23(18-10-14-20(33-3)15-11-18)16-17-8-12-19(32-2)13-9-17/h5-15,23,28-29H,16,26H2,1-4H3. The van der Waals surface area contributed by atoms with Crippen molar-refractivity contribution in [3.63, 3.8) is 0 Å². The van der Waals surface area contributed by atoms with Crippen molar-refractivity contribution in [2.24, 2.45) is 5.73 Å². The summed E-state index contributed by atoms with van der Waals surface area (Å²) in [6.07, 6.45) is 1.37. The smallest absolute Gasteiger partial charge is 0.232 e. The normalized spacial score (nSPS) is 14.2. The largest absolute Gasteiger partial charge is 0.505 e. The molecule has 0 amide bonds. The van der Waals surface area contributed by atoms with Gasteiger partial charge in [0.25, 0.3) is 0 Å². The number of nitrogens with zero attached hydrogens (tertiary/aromatic N) is 1. The van der Waals surface area contributed by atoms with Crippen LogP contribution in [0.25, 0.3) is 0 Å². The molecule has 0 aliphatic rings. The number of aliphatic hydroxyl groups is 1. The second kappa shape index (κ2) is 9.92. The fourth-order valence-electron chi connectivity index (χ4n) is 3.84. The Kier molecular flexibility index (Phi) is 7.40. The molecule has 0 bridgehead atoms. The van der Waals surface area contributed by atoms with Crippen LogP contribution in [0.1, 0.15) is 29.7 Å². The monoisotopic (exact) mass is 486 g/mol. The zero-order valence-corrected chi connectivity index (χ0v) is 20.4. The first-order valence-corrected chi connectivity index (χ1v) is 12.4.